The van der Waals surface area contributed by atoms with Crippen LogP contribution >= 0.6 is 11.3 Å². The van der Waals surface area contributed by atoms with Gasteiger partial charge in [-0.25, -0.2) is 22.1 Å². The van der Waals surface area contributed by atoms with Gasteiger partial charge in [-0.05, 0) is 24.3 Å². The topological polar surface area (TPSA) is 72.4 Å². The molecular formula is C19H14FN3O3S2. The molecule has 28 heavy (non-hydrogen) atoms. The van der Waals surface area contributed by atoms with E-state index in [-0.39, 0.29) is 15.4 Å². The first-order valence-electron chi connectivity index (χ1n) is 8.13. The zero-order chi connectivity index (χ0) is 19.7. The summed E-state index contributed by atoms with van der Waals surface area (Å²) in [5.74, 6) is -0.218. The molecule has 0 aliphatic carbocycles. The zero-order valence-corrected chi connectivity index (χ0v) is 16.2. The summed E-state index contributed by atoms with van der Waals surface area (Å²) >= 11 is 1.17. The van der Waals surface area contributed by atoms with Crippen LogP contribution in [-0.4, -0.2) is 25.5 Å². The van der Waals surface area contributed by atoms with E-state index in [0.29, 0.717) is 16.8 Å². The summed E-state index contributed by atoms with van der Waals surface area (Å²) in [7, 11) is -2.64. The molecule has 0 aliphatic heterocycles. The fourth-order valence-electron chi connectivity index (χ4n) is 2.82. The van der Waals surface area contributed by atoms with Gasteiger partial charge in [-0.15, -0.1) is 11.3 Å². The predicted molar refractivity (Wildman–Crippen MR) is 106 cm³/mol. The van der Waals surface area contributed by atoms with Crippen LogP contribution in [0.3, 0.4) is 0 Å². The van der Waals surface area contributed by atoms with Gasteiger partial charge < -0.3 is 4.74 Å². The van der Waals surface area contributed by atoms with E-state index in [2.05, 4.69) is 9.97 Å². The molecule has 2 aromatic carbocycles. The minimum atomic E-state index is -4.10. The molecule has 0 aliphatic rings. The number of fused-ring (bicyclic) bond motifs is 1. The molecule has 0 radical (unpaired) electrons. The molecule has 2 heterocycles. The van der Waals surface area contributed by atoms with Crippen LogP contribution in [0.25, 0.3) is 10.8 Å². The van der Waals surface area contributed by atoms with E-state index < -0.39 is 15.8 Å². The quantitative estimate of drug-likeness (QED) is 0.484. The zero-order valence-electron chi connectivity index (χ0n) is 14.6. The molecule has 0 bridgehead atoms. The van der Waals surface area contributed by atoms with Crippen molar-refractivity contribution in [3.8, 4) is 5.75 Å². The van der Waals surface area contributed by atoms with Crippen molar-refractivity contribution >= 4 is 43.0 Å². The van der Waals surface area contributed by atoms with Gasteiger partial charge in [0.15, 0.2) is 0 Å². The summed E-state index contributed by atoms with van der Waals surface area (Å²) in [6, 6.07) is 11.0. The third-order valence-corrected chi connectivity index (χ3v) is 6.69. The molecule has 0 amide bonds. The average molecular weight is 415 g/mol. The molecule has 142 valence electrons. The Morgan fingerprint density at radius 1 is 1.14 bits per heavy atom. The molecule has 0 saturated heterocycles. The lowest BCUT2D eigenvalue weighted by Crippen LogP contribution is -2.26. The highest BCUT2D eigenvalue weighted by Crippen LogP contribution is 2.39. The summed E-state index contributed by atoms with van der Waals surface area (Å²) < 4.78 is 47.7. The number of sulfonamides is 1. The van der Waals surface area contributed by atoms with Gasteiger partial charge >= 0.3 is 0 Å². The number of halogens is 1. The van der Waals surface area contributed by atoms with Crippen LogP contribution in [0.4, 0.5) is 15.2 Å². The van der Waals surface area contributed by atoms with E-state index >= 15 is 0 Å². The van der Waals surface area contributed by atoms with Gasteiger partial charge in [-0.1, -0.05) is 18.2 Å². The highest BCUT2D eigenvalue weighted by Gasteiger charge is 2.31. The second kappa shape index (κ2) is 7.17. The summed E-state index contributed by atoms with van der Waals surface area (Å²) in [5.41, 5.74) is 0.315. The Balaban J connectivity index is 1.94. The number of benzene rings is 2. The monoisotopic (exact) mass is 415 g/mol. The standard InChI is InChI=1S/C19H14FN3O3S2/c1-26-18-5-3-2-4-17(18)23(19-22-8-9-27-19)28(24,25)14-7-6-13-11-21-12-16(20)15(13)10-14/h2-12H,1H3. The minimum absolute atomic E-state index is 0.0637. The van der Waals surface area contributed by atoms with Crippen molar-refractivity contribution in [3.63, 3.8) is 0 Å². The number of rotatable bonds is 5. The molecule has 0 spiro atoms. The Morgan fingerprint density at radius 3 is 2.71 bits per heavy atom. The number of pyridine rings is 1. The summed E-state index contributed by atoms with van der Waals surface area (Å²) in [6.07, 6.45) is 4.05. The molecule has 4 rings (SSSR count). The van der Waals surface area contributed by atoms with E-state index in [1.807, 2.05) is 0 Å². The maximum absolute atomic E-state index is 14.2. The van der Waals surface area contributed by atoms with Crippen LogP contribution in [0.5, 0.6) is 5.75 Å². The molecule has 6 nitrogen and oxygen atoms in total. The third-order valence-electron chi connectivity index (χ3n) is 4.12. The maximum atomic E-state index is 14.2. The van der Waals surface area contributed by atoms with Crippen LogP contribution in [0.1, 0.15) is 0 Å². The fraction of sp³-hybridized carbons (Fsp3) is 0.0526. The highest BCUT2D eigenvalue weighted by molar-refractivity contribution is 7.93. The largest absolute Gasteiger partial charge is 0.495 e. The lowest BCUT2D eigenvalue weighted by Gasteiger charge is -2.23. The molecule has 0 fully saturated rings. The lowest BCUT2D eigenvalue weighted by atomic mass is 10.2. The number of para-hydroxylation sites is 2. The molecule has 4 aromatic rings. The first kappa shape index (κ1) is 18.3. The van der Waals surface area contributed by atoms with Crippen LogP contribution in [0, 0.1) is 5.82 Å². The smallest absolute Gasteiger partial charge is 0.270 e. The number of thiazole rings is 1. The molecule has 0 saturated carbocycles. The Morgan fingerprint density at radius 2 is 1.96 bits per heavy atom. The van der Waals surface area contributed by atoms with Gasteiger partial charge in [-0.2, -0.15) is 0 Å². The first-order chi connectivity index (χ1) is 13.5. The molecule has 9 heteroatoms. The van der Waals surface area contributed by atoms with Crippen LogP contribution in [-0.2, 0) is 10.0 Å². The molecular weight excluding hydrogens is 401 g/mol. The molecule has 0 atom stereocenters. The summed E-state index contributed by atoms with van der Waals surface area (Å²) in [6.45, 7) is 0. The van der Waals surface area contributed by atoms with Gasteiger partial charge in [0.25, 0.3) is 10.0 Å². The van der Waals surface area contributed by atoms with Gasteiger partial charge in [0.05, 0.1) is 18.2 Å². The van der Waals surface area contributed by atoms with Crippen molar-refractivity contribution in [1.29, 1.82) is 0 Å². The van der Waals surface area contributed by atoms with Crippen LogP contribution in [0.2, 0.25) is 0 Å². The van der Waals surface area contributed by atoms with Gasteiger partial charge in [-0.3, -0.25) is 4.98 Å². The first-order valence-corrected chi connectivity index (χ1v) is 10.5. The van der Waals surface area contributed by atoms with Crippen molar-refractivity contribution in [1.82, 2.24) is 9.97 Å². The number of hydrogen-bond donors (Lipinski definition) is 0. The van der Waals surface area contributed by atoms with Crippen molar-refractivity contribution < 1.29 is 17.5 Å². The highest BCUT2D eigenvalue weighted by atomic mass is 32.2. The van der Waals surface area contributed by atoms with Gasteiger partial charge in [0, 0.05) is 28.5 Å². The Hall–Kier alpha value is -3.04. The van der Waals surface area contributed by atoms with Gasteiger partial charge in [0.2, 0.25) is 5.13 Å². The van der Waals surface area contributed by atoms with E-state index in [9.17, 15) is 12.8 Å². The molecule has 0 N–H and O–H groups in total. The fourth-order valence-corrected chi connectivity index (χ4v) is 5.19. The summed E-state index contributed by atoms with van der Waals surface area (Å²) in [4.78, 5) is 7.89. The van der Waals surface area contributed by atoms with Crippen molar-refractivity contribution in [2.24, 2.45) is 0 Å². The lowest BCUT2D eigenvalue weighted by molar-refractivity contribution is 0.416. The summed E-state index contributed by atoms with van der Waals surface area (Å²) in [5, 5.41) is 2.62. The van der Waals surface area contributed by atoms with E-state index in [4.69, 9.17) is 4.74 Å². The molecule has 2 aromatic heterocycles. The SMILES string of the molecule is COc1ccccc1N(c1nccs1)S(=O)(=O)c1ccc2cncc(F)c2c1. The second-order valence-corrected chi connectivity index (χ2v) is 8.42. The second-order valence-electron chi connectivity index (χ2n) is 5.76. The van der Waals surface area contributed by atoms with E-state index in [1.54, 1.807) is 29.6 Å². The maximum Gasteiger partial charge on any atom is 0.270 e. The van der Waals surface area contributed by atoms with Gasteiger partial charge in [0.1, 0.15) is 17.3 Å². The number of nitrogens with zero attached hydrogens (tertiary/aromatic N) is 3. The normalized spacial score (nSPS) is 11.5. The van der Waals surface area contributed by atoms with Crippen molar-refractivity contribution in [3.05, 3.63) is 72.3 Å². The molecule has 0 unspecified atom stereocenters. The third kappa shape index (κ3) is 3.08. The number of anilines is 2. The number of hydrogen-bond acceptors (Lipinski definition) is 6. The average Bonchev–Trinajstić information content (AvgIpc) is 3.22. The van der Waals surface area contributed by atoms with E-state index in [1.165, 1.54) is 49.0 Å². The minimum Gasteiger partial charge on any atom is -0.495 e. The number of ether oxygens (including phenoxy) is 1. The Bertz CT molecular complexity index is 1240. The van der Waals surface area contributed by atoms with Crippen molar-refractivity contribution in [2.75, 3.05) is 11.4 Å². The number of methoxy groups -OCH3 is 1. The predicted octanol–water partition coefficient (Wildman–Crippen LogP) is 4.37. The Kier molecular flexibility index (Phi) is 4.70. The Labute approximate surface area is 164 Å². The van der Waals surface area contributed by atoms with Crippen LogP contribution < -0.4 is 9.04 Å². The van der Waals surface area contributed by atoms with Crippen LogP contribution in [0.15, 0.2) is 71.3 Å². The van der Waals surface area contributed by atoms with E-state index in [0.717, 1.165) is 10.5 Å². The van der Waals surface area contributed by atoms with Crippen molar-refractivity contribution in [2.45, 2.75) is 4.90 Å². The number of aromatic nitrogens is 2.